The van der Waals surface area contributed by atoms with Gasteiger partial charge >= 0.3 is 6.18 Å². The van der Waals surface area contributed by atoms with Gasteiger partial charge in [0.1, 0.15) is 36.5 Å². The smallest absolute Gasteiger partial charge is 0.383 e. The number of benzene rings is 1. The van der Waals surface area contributed by atoms with Crippen molar-refractivity contribution in [2.75, 3.05) is 32.5 Å². The van der Waals surface area contributed by atoms with Crippen molar-refractivity contribution >= 4 is 36.0 Å². The highest BCUT2D eigenvalue weighted by Crippen LogP contribution is 2.48. The maximum atomic E-state index is 13.5. The highest BCUT2D eigenvalue weighted by Gasteiger charge is 2.55. The molecule has 2 saturated carbocycles. The summed E-state index contributed by atoms with van der Waals surface area (Å²) in [4.78, 5) is 15.8. The van der Waals surface area contributed by atoms with Crippen molar-refractivity contribution in [2.24, 2.45) is 17.8 Å². The summed E-state index contributed by atoms with van der Waals surface area (Å²) in [5.41, 5.74) is 7.34. The number of nitrogens with zero attached hydrogens (tertiary/aromatic N) is 6. The van der Waals surface area contributed by atoms with Gasteiger partial charge < -0.3 is 34.0 Å². The van der Waals surface area contributed by atoms with Gasteiger partial charge in [-0.05, 0) is 82.3 Å². The largest absolute Gasteiger partial charge is 0.416 e. The van der Waals surface area contributed by atoms with Crippen LogP contribution in [-0.4, -0.2) is 81.8 Å². The van der Waals surface area contributed by atoms with Crippen molar-refractivity contribution in [1.82, 2.24) is 29.0 Å². The van der Waals surface area contributed by atoms with Crippen LogP contribution in [0.1, 0.15) is 50.5 Å². The van der Waals surface area contributed by atoms with Gasteiger partial charge in [-0.1, -0.05) is 19.6 Å². The summed E-state index contributed by atoms with van der Waals surface area (Å²) >= 11 is 0. The molecule has 4 aromatic rings. The molecule has 10 nitrogen and oxygen atoms in total. The number of hydrogen-bond acceptors (Lipinski definition) is 8. The predicted octanol–water partition coefficient (Wildman–Crippen LogP) is 6.98. The van der Waals surface area contributed by atoms with Crippen LogP contribution in [0.2, 0.25) is 25.7 Å². The number of anilines is 1. The summed E-state index contributed by atoms with van der Waals surface area (Å²) < 4.78 is 63.7. The summed E-state index contributed by atoms with van der Waals surface area (Å²) in [6, 6.07) is 6.92. The third-order valence-corrected chi connectivity index (χ3v) is 12.4. The summed E-state index contributed by atoms with van der Waals surface area (Å²) in [6.07, 6.45) is 2.76. The molecule has 0 spiro atoms. The van der Waals surface area contributed by atoms with Gasteiger partial charge in [0.05, 0.1) is 34.1 Å². The Hall–Kier alpha value is -3.04. The minimum absolute atomic E-state index is 0.0259. The van der Waals surface area contributed by atoms with Crippen molar-refractivity contribution in [3.8, 4) is 0 Å². The first kappa shape index (κ1) is 35.4. The Labute approximate surface area is 292 Å². The Morgan fingerprint density at radius 1 is 1.04 bits per heavy atom. The van der Waals surface area contributed by atoms with Gasteiger partial charge in [-0.15, -0.1) is 0 Å². The van der Waals surface area contributed by atoms with Crippen LogP contribution in [0.4, 0.5) is 19.0 Å². The molecule has 3 aliphatic rings. The second-order valence-corrected chi connectivity index (χ2v) is 22.1. The second-order valence-electron chi connectivity index (χ2n) is 16.5. The van der Waals surface area contributed by atoms with Crippen LogP contribution in [-0.2, 0) is 33.5 Å². The van der Waals surface area contributed by atoms with Gasteiger partial charge in [0.25, 0.3) is 0 Å². The molecule has 1 saturated heterocycles. The second kappa shape index (κ2) is 13.2. The van der Waals surface area contributed by atoms with Crippen molar-refractivity contribution in [3.63, 3.8) is 0 Å². The summed E-state index contributed by atoms with van der Waals surface area (Å²) in [6.45, 7) is 13.7. The minimum atomic E-state index is -4.41. The molecule has 50 heavy (non-hydrogen) atoms. The zero-order chi connectivity index (χ0) is 35.6. The van der Waals surface area contributed by atoms with Crippen LogP contribution in [0, 0.1) is 17.8 Å². The number of halogens is 3. The van der Waals surface area contributed by atoms with Gasteiger partial charge in [-0.3, -0.25) is 0 Å². The standard InChI is InChI=1S/C36H50F3N7O3Si/c1-35(2)48-31-24(16-29(32(31)49-35)45-10-9-26-33(40)41-20-42-34(26)45)19-44(3)18-23-13-22(14-23)15-30-43-27-17-25(36(37,38)39)7-8-28(27)46(30)21-47-11-12-50(4,5)6/h7-10,17,20,22-24,29,31-32H,11-16,18-19,21H2,1-6H3,(H2,40,41,42). The molecule has 2 aliphatic carbocycles. The fourth-order valence-electron chi connectivity index (χ4n) is 8.32. The number of fused-ring (bicyclic) bond motifs is 3. The summed E-state index contributed by atoms with van der Waals surface area (Å²) in [5.74, 6) is 1.88. The van der Waals surface area contributed by atoms with Gasteiger partial charge in [-0.25, -0.2) is 15.0 Å². The quantitative estimate of drug-likeness (QED) is 0.124. The van der Waals surface area contributed by atoms with Crippen molar-refractivity contribution in [1.29, 1.82) is 0 Å². The Kier molecular flexibility index (Phi) is 9.32. The van der Waals surface area contributed by atoms with E-state index in [1.165, 1.54) is 12.4 Å². The van der Waals surface area contributed by atoms with E-state index >= 15 is 0 Å². The van der Waals surface area contributed by atoms with E-state index in [9.17, 15) is 13.2 Å². The maximum Gasteiger partial charge on any atom is 0.416 e. The Bertz CT molecular complexity index is 1830. The van der Waals surface area contributed by atoms with Gasteiger partial charge in [0.15, 0.2) is 5.79 Å². The van der Waals surface area contributed by atoms with Crippen LogP contribution in [0.3, 0.4) is 0 Å². The van der Waals surface area contributed by atoms with E-state index in [1.54, 1.807) is 0 Å². The van der Waals surface area contributed by atoms with Crippen LogP contribution < -0.4 is 5.73 Å². The molecule has 0 amide bonds. The molecule has 0 radical (unpaired) electrons. The molecule has 4 atom stereocenters. The zero-order valence-corrected chi connectivity index (χ0v) is 30.9. The van der Waals surface area contributed by atoms with E-state index < -0.39 is 25.6 Å². The molecule has 7 rings (SSSR count). The molecular weight excluding hydrogens is 664 g/mol. The summed E-state index contributed by atoms with van der Waals surface area (Å²) in [7, 11) is 0.911. The molecule has 2 N–H and O–H groups in total. The first-order valence-corrected chi connectivity index (χ1v) is 21.5. The summed E-state index contributed by atoms with van der Waals surface area (Å²) in [5, 5.41) is 0.846. The Morgan fingerprint density at radius 3 is 2.54 bits per heavy atom. The topological polar surface area (TPSA) is 105 Å². The SMILES string of the molecule is CN(CC1CC(Cc2nc3cc(C(F)(F)F)ccc3n2COCC[Si](C)(C)C)C1)CC1CC(n2ccc3c(N)ncnc32)C2OC(C)(C)OC12. The number of aromatic nitrogens is 5. The third kappa shape index (κ3) is 7.32. The van der Waals surface area contributed by atoms with Crippen LogP contribution in [0.5, 0.6) is 0 Å². The highest BCUT2D eigenvalue weighted by atomic mass is 28.3. The average molecular weight is 714 g/mol. The molecule has 14 heteroatoms. The monoisotopic (exact) mass is 713 g/mol. The molecular formula is C36H50F3N7O3Si. The normalized spacial score (nSPS) is 26.7. The van der Waals surface area contributed by atoms with Crippen LogP contribution >= 0.6 is 0 Å². The number of nitrogens with two attached hydrogens (primary N) is 1. The number of ether oxygens (including phenoxy) is 3. The van der Waals surface area contributed by atoms with E-state index in [2.05, 4.69) is 46.1 Å². The van der Waals surface area contributed by atoms with Crippen molar-refractivity contribution in [2.45, 2.75) is 102 Å². The van der Waals surface area contributed by atoms with Gasteiger partial charge in [-0.2, -0.15) is 13.2 Å². The van der Waals surface area contributed by atoms with Crippen LogP contribution in [0.25, 0.3) is 22.1 Å². The lowest BCUT2D eigenvalue weighted by Gasteiger charge is -2.38. The third-order valence-electron chi connectivity index (χ3n) is 10.7. The van der Waals surface area contributed by atoms with E-state index in [0.717, 1.165) is 73.8 Å². The first-order chi connectivity index (χ1) is 23.5. The molecule has 4 unspecified atom stereocenters. The van der Waals surface area contributed by atoms with Gasteiger partial charge in [0, 0.05) is 46.3 Å². The molecule has 1 aliphatic heterocycles. The molecule has 0 bridgehead atoms. The van der Waals surface area contributed by atoms with E-state index in [-0.39, 0.29) is 24.2 Å². The Balaban J connectivity index is 0.981. The highest BCUT2D eigenvalue weighted by molar-refractivity contribution is 6.76. The lowest BCUT2D eigenvalue weighted by atomic mass is 9.73. The van der Waals surface area contributed by atoms with Crippen molar-refractivity contribution < 1.29 is 27.4 Å². The van der Waals surface area contributed by atoms with E-state index in [4.69, 9.17) is 24.9 Å². The molecule has 3 aromatic heterocycles. The first-order valence-electron chi connectivity index (χ1n) is 17.8. The molecule has 272 valence electrons. The number of imidazole rings is 1. The van der Waals surface area contributed by atoms with Gasteiger partial charge in [0.2, 0.25) is 0 Å². The maximum absolute atomic E-state index is 13.5. The fraction of sp³-hybridized carbons (Fsp3) is 0.639. The van der Waals surface area contributed by atoms with E-state index in [1.807, 2.05) is 30.7 Å². The zero-order valence-electron chi connectivity index (χ0n) is 29.9. The molecule has 3 fully saturated rings. The predicted molar refractivity (Wildman–Crippen MR) is 189 cm³/mol. The average Bonchev–Trinajstić information content (AvgIpc) is 3.74. The number of hydrogen-bond donors (Lipinski definition) is 1. The fourth-order valence-corrected chi connectivity index (χ4v) is 9.08. The lowest BCUT2D eigenvalue weighted by Crippen LogP contribution is -2.39. The molecule has 4 heterocycles. The number of alkyl halides is 3. The van der Waals surface area contributed by atoms with E-state index in [0.29, 0.717) is 42.0 Å². The van der Waals surface area contributed by atoms with Crippen molar-refractivity contribution in [3.05, 3.63) is 48.2 Å². The minimum Gasteiger partial charge on any atom is -0.383 e. The number of rotatable bonds is 12. The lowest BCUT2D eigenvalue weighted by molar-refractivity contribution is -0.161. The molecule has 1 aromatic carbocycles. The van der Waals surface area contributed by atoms with Crippen LogP contribution in [0.15, 0.2) is 36.8 Å². The number of nitrogen functional groups attached to an aromatic ring is 1. The Morgan fingerprint density at radius 2 is 1.80 bits per heavy atom.